The summed E-state index contributed by atoms with van der Waals surface area (Å²) in [5, 5.41) is 17.5. The van der Waals surface area contributed by atoms with E-state index in [-0.39, 0.29) is 35.1 Å². The van der Waals surface area contributed by atoms with E-state index in [9.17, 15) is 13.2 Å². The van der Waals surface area contributed by atoms with Crippen molar-refractivity contribution >= 4 is 45.6 Å². The van der Waals surface area contributed by atoms with E-state index < -0.39 is 26.7 Å². The van der Waals surface area contributed by atoms with Gasteiger partial charge >= 0.3 is 35.5 Å². The summed E-state index contributed by atoms with van der Waals surface area (Å²) >= 11 is 0. The summed E-state index contributed by atoms with van der Waals surface area (Å²) in [5.41, 5.74) is -0.338. The van der Waals surface area contributed by atoms with Crippen molar-refractivity contribution in [3.63, 3.8) is 0 Å². The van der Waals surface area contributed by atoms with Crippen LogP contribution in [0, 0.1) is 0 Å². The number of carbonyl (C=O) groups is 1. The Morgan fingerprint density at radius 3 is 2.20 bits per heavy atom. The quantitative estimate of drug-likeness (QED) is 0.484. The maximum absolute atomic E-state index is 10.6. The first-order valence-electron chi connectivity index (χ1n) is 3.36. The fourth-order valence-electron chi connectivity index (χ4n) is 0.854. The number of benzene rings is 1. The van der Waals surface area contributed by atoms with Gasteiger partial charge in [-0.15, -0.1) is 0 Å². The molecule has 1 rings (SSSR count). The fourth-order valence-corrected chi connectivity index (χ4v) is 1.46. The van der Waals surface area contributed by atoms with E-state index in [1.165, 1.54) is 0 Å². The van der Waals surface area contributed by atoms with Gasteiger partial charge in [-0.3, -0.25) is 4.55 Å². The van der Waals surface area contributed by atoms with Crippen LogP contribution in [0.2, 0.25) is 0 Å². The Morgan fingerprint density at radius 1 is 1.27 bits per heavy atom. The van der Waals surface area contributed by atoms with Gasteiger partial charge in [0.15, 0.2) is 0 Å². The Kier molecular flexibility index (Phi) is 4.75. The van der Waals surface area contributed by atoms with Crippen LogP contribution in [0.5, 0.6) is 5.75 Å². The molecule has 0 aliphatic heterocycles. The Labute approximate surface area is 108 Å². The average molecular weight is 242 g/mol. The third-order valence-corrected chi connectivity index (χ3v) is 2.37. The molecule has 0 aliphatic rings. The summed E-state index contributed by atoms with van der Waals surface area (Å²) in [6.45, 7) is 0. The molecule has 78 valence electrons. The summed E-state index contributed by atoms with van der Waals surface area (Å²) in [6.07, 6.45) is 0. The molecule has 0 unspecified atom stereocenters. The fraction of sp³-hybridized carbons (Fsp3) is 0. The zero-order valence-electron chi connectivity index (χ0n) is 6.71. The molecule has 8 heteroatoms. The number of aromatic hydroxyl groups is 1. The van der Waals surface area contributed by atoms with Crippen molar-refractivity contribution in [3.8, 4) is 5.75 Å². The Bertz CT molecular complexity index is 480. The van der Waals surface area contributed by atoms with Crippen molar-refractivity contribution in [3.05, 3.63) is 23.8 Å². The van der Waals surface area contributed by atoms with Gasteiger partial charge in [-0.25, -0.2) is 4.79 Å². The second-order valence-electron chi connectivity index (χ2n) is 2.46. The SMILES string of the molecule is O=C(O)c1ccc(O)c(S(=O)(=O)O)c1.[NaH]. The van der Waals surface area contributed by atoms with Crippen LogP contribution in [0.25, 0.3) is 0 Å². The van der Waals surface area contributed by atoms with Crippen molar-refractivity contribution in [2.75, 3.05) is 0 Å². The summed E-state index contributed by atoms with van der Waals surface area (Å²) < 4.78 is 29.9. The number of hydrogen-bond donors (Lipinski definition) is 3. The van der Waals surface area contributed by atoms with Crippen molar-refractivity contribution in [2.45, 2.75) is 4.90 Å². The van der Waals surface area contributed by atoms with Crippen LogP contribution in [0.15, 0.2) is 23.1 Å². The molecule has 0 saturated heterocycles. The Balaban J connectivity index is 0.00000196. The monoisotopic (exact) mass is 242 g/mol. The second kappa shape index (κ2) is 4.95. The Morgan fingerprint density at radius 2 is 1.80 bits per heavy atom. The van der Waals surface area contributed by atoms with Gasteiger partial charge in [0.25, 0.3) is 10.1 Å². The summed E-state index contributed by atoms with van der Waals surface area (Å²) in [7, 11) is -4.60. The van der Waals surface area contributed by atoms with Crippen molar-refractivity contribution in [1.29, 1.82) is 0 Å². The zero-order chi connectivity index (χ0) is 10.9. The summed E-state index contributed by atoms with van der Waals surface area (Å²) in [4.78, 5) is 9.61. The second-order valence-corrected chi connectivity index (χ2v) is 3.85. The summed E-state index contributed by atoms with van der Waals surface area (Å²) in [6, 6.07) is 2.58. The molecule has 0 aromatic heterocycles. The molecule has 1 aromatic rings. The average Bonchev–Trinajstić information content (AvgIpc) is 2.02. The van der Waals surface area contributed by atoms with Gasteiger partial charge < -0.3 is 10.2 Å². The van der Waals surface area contributed by atoms with Crippen molar-refractivity contribution < 1.29 is 28.0 Å². The van der Waals surface area contributed by atoms with Gasteiger partial charge in [0.2, 0.25) is 0 Å². The minimum absolute atomic E-state index is 0. The molecular weight excluding hydrogens is 235 g/mol. The van der Waals surface area contributed by atoms with Crippen molar-refractivity contribution in [1.82, 2.24) is 0 Å². The number of phenolic OH excluding ortho intramolecular Hbond substituents is 1. The van der Waals surface area contributed by atoms with Crippen LogP contribution >= 0.6 is 0 Å². The topological polar surface area (TPSA) is 112 Å². The zero-order valence-corrected chi connectivity index (χ0v) is 7.52. The van der Waals surface area contributed by atoms with E-state index in [2.05, 4.69) is 0 Å². The molecule has 0 amide bonds. The van der Waals surface area contributed by atoms with E-state index in [0.717, 1.165) is 12.1 Å². The third kappa shape index (κ3) is 3.47. The van der Waals surface area contributed by atoms with E-state index >= 15 is 0 Å². The van der Waals surface area contributed by atoms with E-state index in [1.54, 1.807) is 0 Å². The molecule has 0 bridgehead atoms. The first kappa shape index (κ1) is 14.4. The van der Waals surface area contributed by atoms with Gasteiger partial charge in [0.1, 0.15) is 10.6 Å². The van der Waals surface area contributed by atoms with Gasteiger partial charge in [0, 0.05) is 0 Å². The molecule has 0 aliphatic carbocycles. The molecule has 1 aromatic carbocycles. The van der Waals surface area contributed by atoms with Crippen LogP contribution in [0.4, 0.5) is 0 Å². The van der Waals surface area contributed by atoms with E-state index in [4.69, 9.17) is 14.8 Å². The van der Waals surface area contributed by atoms with E-state index in [0.29, 0.717) is 6.07 Å². The maximum atomic E-state index is 10.6. The van der Waals surface area contributed by atoms with Gasteiger partial charge in [-0.05, 0) is 18.2 Å². The van der Waals surface area contributed by atoms with Gasteiger partial charge in [-0.2, -0.15) is 8.42 Å². The number of carboxylic acids is 1. The van der Waals surface area contributed by atoms with E-state index in [1.807, 2.05) is 0 Å². The summed E-state index contributed by atoms with van der Waals surface area (Å²) in [5.74, 6) is -2.05. The molecule has 0 spiro atoms. The number of phenols is 1. The van der Waals surface area contributed by atoms with Crippen LogP contribution in [0.3, 0.4) is 0 Å². The first-order chi connectivity index (χ1) is 6.32. The molecule has 0 radical (unpaired) electrons. The molecule has 6 nitrogen and oxygen atoms in total. The number of carboxylic acid groups (broad SMARTS) is 1. The van der Waals surface area contributed by atoms with Crippen molar-refractivity contribution in [2.24, 2.45) is 0 Å². The third-order valence-electron chi connectivity index (χ3n) is 1.48. The van der Waals surface area contributed by atoms with Crippen LogP contribution in [0.1, 0.15) is 10.4 Å². The standard InChI is InChI=1S/C7H6O6S.Na.H/c8-5-2-1-4(7(9)10)3-6(5)14(11,12)13;;/h1-3,8H,(H,9,10)(H,11,12,13);;. The first-order valence-corrected chi connectivity index (χ1v) is 4.80. The molecule has 3 N–H and O–H groups in total. The number of aromatic carboxylic acids is 1. The minimum atomic E-state index is -4.60. The van der Waals surface area contributed by atoms with Crippen LogP contribution < -0.4 is 0 Å². The predicted octanol–water partition coefficient (Wildman–Crippen LogP) is -0.311. The van der Waals surface area contributed by atoms with Gasteiger partial charge in [0.05, 0.1) is 5.56 Å². The van der Waals surface area contributed by atoms with Crippen LogP contribution in [-0.2, 0) is 10.1 Å². The molecule has 0 fully saturated rings. The molecule has 15 heavy (non-hydrogen) atoms. The number of rotatable bonds is 2. The van der Waals surface area contributed by atoms with Gasteiger partial charge in [-0.1, -0.05) is 0 Å². The molecule has 0 heterocycles. The normalized spacial score (nSPS) is 10.5. The molecule has 0 saturated carbocycles. The molecule has 0 atom stereocenters. The number of hydrogen-bond acceptors (Lipinski definition) is 4. The predicted molar refractivity (Wildman–Crippen MR) is 52.0 cm³/mol. The van der Waals surface area contributed by atoms with Crippen LogP contribution in [-0.4, -0.2) is 58.7 Å². The Hall–Kier alpha value is -0.600. The molecular formula is C7H7NaO6S.